The van der Waals surface area contributed by atoms with Gasteiger partial charge in [-0.25, -0.2) is 0 Å². The first-order valence-corrected chi connectivity index (χ1v) is 9.01. The number of methoxy groups -OCH3 is 2. The Balaban J connectivity index is 1.70. The Labute approximate surface area is 154 Å². The van der Waals surface area contributed by atoms with E-state index in [0.29, 0.717) is 0 Å². The van der Waals surface area contributed by atoms with Gasteiger partial charge in [-0.2, -0.15) is 0 Å². The Morgan fingerprint density at radius 1 is 0.885 bits per heavy atom. The predicted molar refractivity (Wildman–Crippen MR) is 105 cm³/mol. The minimum absolute atomic E-state index is 0.812. The van der Waals surface area contributed by atoms with Gasteiger partial charge in [-0.1, -0.05) is 12.1 Å². The van der Waals surface area contributed by atoms with Gasteiger partial charge in [0.1, 0.15) is 11.5 Å². The Bertz CT molecular complexity index is 818. The number of benzene rings is 2. The van der Waals surface area contributed by atoms with E-state index in [1.54, 1.807) is 14.2 Å². The summed E-state index contributed by atoms with van der Waals surface area (Å²) >= 11 is 0. The van der Waals surface area contributed by atoms with Crippen LogP contribution in [-0.2, 0) is 0 Å². The summed E-state index contributed by atoms with van der Waals surface area (Å²) in [4.78, 5) is 0. The Morgan fingerprint density at radius 2 is 1.46 bits per heavy atom. The molecule has 0 atom stereocenters. The van der Waals surface area contributed by atoms with E-state index >= 15 is 0 Å². The van der Waals surface area contributed by atoms with Gasteiger partial charge in [0.25, 0.3) is 0 Å². The van der Waals surface area contributed by atoms with E-state index in [9.17, 15) is 0 Å². The molecule has 0 aromatic heterocycles. The lowest BCUT2D eigenvalue weighted by molar-refractivity contribution is 0.309. The van der Waals surface area contributed by atoms with Crippen LogP contribution in [0.5, 0.6) is 11.5 Å². The van der Waals surface area contributed by atoms with Crippen LogP contribution in [0.15, 0.2) is 60.8 Å². The third-order valence-corrected chi connectivity index (χ3v) is 4.88. The molecule has 0 radical (unpaired) electrons. The number of hydrogen-bond donors (Lipinski definition) is 1. The summed E-state index contributed by atoms with van der Waals surface area (Å²) in [5.41, 5.74) is 8.19. The molecule has 0 spiro atoms. The topological polar surface area (TPSA) is 33.7 Å². The third kappa shape index (κ3) is 3.54. The second kappa shape index (κ2) is 7.16. The molecule has 4 nitrogen and oxygen atoms in total. The summed E-state index contributed by atoms with van der Waals surface area (Å²) in [6, 6.07) is 16.4. The number of rotatable bonds is 6. The van der Waals surface area contributed by atoms with E-state index in [2.05, 4.69) is 47.0 Å². The van der Waals surface area contributed by atoms with Crippen molar-refractivity contribution in [2.24, 2.45) is 5.92 Å². The molecular weight excluding hydrogens is 324 g/mol. The molecule has 1 N–H and O–H groups in total. The summed E-state index contributed by atoms with van der Waals surface area (Å²) < 4.78 is 10.6. The lowest BCUT2D eigenvalue weighted by Gasteiger charge is -2.30. The van der Waals surface area contributed by atoms with Crippen LogP contribution in [-0.4, -0.2) is 25.8 Å². The number of ether oxygens (including phenoxy) is 2. The highest BCUT2D eigenvalue weighted by Crippen LogP contribution is 2.34. The van der Waals surface area contributed by atoms with Crippen LogP contribution in [0.1, 0.15) is 24.0 Å². The minimum Gasteiger partial charge on any atom is -0.497 e. The number of allylic oxidation sites excluding steroid dienone is 2. The molecule has 1 aliphatic carbocycles. The molecule has 2 aliphatic rings. The average Bonchev–Trinajstić information content (AvgIpc) is 3.52. The normalized spacial score (nSPS) is 16.5. The predicted octanol–water partition coefficient (Wildman–Crippen LogP) is 4.32. The smallest absolute Gasteiger partial charge is 0.118 e. The van der Waals surface area contributed by atoms with E-state index in [1.165, 1.54) is 18.4 Å². The molecule has 1 saturated carbocycles. The highest BCUT2D eigenvalue weighted by Gasteiger charge is 2.25. The van der Waals surface area contributed by atoms with Crippen molar-refractivity contribution in [2.45, 2.75) is 12.8 Å². The molecule has 1 heterocycles. The molecule has 4 rings (SSSR count). The van der Waals surface area contributed by atoms with Gasteiger partial charge in [-0.3, -0.25) is 10.4 Å². The van der Waals surface area contributed by atoms with Crippen molar-refractivity contribution in [3.8, 4) is 11.5 Å². The largest absolute Gasteiger partial charge is 0.497 e. The zero-order chi connectivity index (χ0) is 17.9. The number of hydrogen-bond acceptors (Lipinski definition) is 4. The summed E-state index contributed by atoms with van der Waals surface area (Å²) in [6.45, 7) is 1.05. The maximum atomic E-state index is 5.30. The van der Waals surface area contributed by atoms with E-state index in [4.69, 9.17) is 9.47 Å². The second-order valence-corrected chi connectivity index (χ2v) is 6.77. The van der Waals surface area contributed by atoms with Crippen LogP contribution in [0.2, 0.25) is 0 Å². The Morgan fingerprint density at radius 3 is 2.00 bits per heavy atom. The molecule has 2 aromatic carbocycles. The van der Waals surface area contributed by atoms with E-state index in [-0.39, 0.29) is 0 Å². The van der Waals surface area contributed by atoms with Gasteiger partial charge < -0.3 is 9.47 Å². The van der Waals surface area contributed by atoms with Crippen molar-refractivity contribution in [3.63, 3.8) is 0 Å². The summed E-state index contributed by atoms with van der Waals surface area (Å²) in [5, 5.41) is 2.20. The fourth-order valence-corrected chi connectivity index (χ4v) is 3.16. The monoisotopic (exact) mass is 348 g/mol. The maximum Gasteiger partial charge on any atom is 0.118 e. The molecule has 0 bridgehead atoms. The minimum atomic E-state index is 0.812. The molecule has 0 saturated heterocycles. The van der Waals surface area contributed by atoms with Crippen LogP contribution in [0, 0.1) is 5.92 Å². The van der Waals surface area contributed by atoms with Crippen LogP contribution < -0.4 is 14.9 Å². The molecule has 2 aromatic rings. The lowest BCUT2D eigenvalue weighted by atomic mass is 9.98. The van der Waals surface area contributed by atoms with Gasteiger partial charge in [0.05, 0.1) is 19.9 Å². The van der Waals surface area contributed by atoms with Crippen LogP contribution >= 0.6 is 0 Å². The number of nitrogens with zero attached hydrogens (tertiary/aromatic N) is 1. The fourth-order valence-electron chi connectivity index (χ4n) is 3.16. The molecule has 4 heteroatoms. The molecule has 1 aliphatic heterocycles. The highest BCUT2D eigenvalue weighted by atomic mass is 16.5. The summed E-state index contributed by atoms with van der Waals surface area (Å²) in [5.74, 6) is 2.54. The van der Waals surface area contributed by atoms with Crippen LogP contribution in [0.3, 0.4) is 0 Å². The van der Waals surface area contributed by atoms with Crippen molar-refractivity contribution in [1.29, 1.82) is 0 Å². The molecule has 1 fully saturated rings. The first-order chi connectivity index (χ1) is 12.8. The standard InChI is InChI=1S/C22H24N2O2/c1-25-19-9-5-17(6-10-19)21-13-14-24(15-16-3-4-16)23-22(21)18-7-11-20(26-2)12-8-18/h5-14,16,23H,3-4,15H2,1-2H3. The second-order valence-electron chi connectivity index (χ2n) is 6.77. The van der Waals surface area contributed by atoms with E-state index in [1.807, 2.05) is 24.3 Å². The molecule has 26 heavy (non-hydrogen) atoms. The highest BCUT2D eigenvalue weighted by molar-refractivity contribution is 5.95. The van der Waals surface area contributed by atoms with Crippen molar-refractivity contribution in [1.82, 2.24) is 10.4 Å². The number of hydrazine groups is 1. The van der Waals surface area contributed by atoms with Crippen LogP contribution in [0.4, 0.5) is 0 Å². The van der Waals surface area contributed by atoms with Gasteiger partial charge in [-0.15, -0.1) is 0 Å². The van der Waals surface area contributed by atoms with Crippen LogP contribution in [0.25, 0.3) is 11.3 Å². The Kier molecular flexibility index (Phi) is 4.57. The maximum absolute atomic E-state index is 5.30. The average molecular weight is 348 g/mol. The van der Waals surface area contributed by atoms with Crippen molar-refractivity contribution < 1.29 is 9.47 Å². The molecular formula is C22H24N2O2. The summed E-state index contributed by atoms with van der Waals surface area (Å²) in [7, 11) is 3.38. The lowest BCUT2D eigenvalue weighted by Crippen LogP contribution is -2.36. The SMILES string of the molecule is COc1ccc(C2=C(c3ccc(OC)cc3)NN(CC3CC3)C=C2)cc1. The molecule has 0 unspecified atom stereocenters. The first-order valence-electron chi connectivity index (χ1n) is 9.01. The van der Waals surface area contributed by atoms with Gasteiger partial charge in [-0.05, 0) is 66.8 Å². The van der Waals surface area contributed by atoms with Crippen molar-refractivity contribution in [2.75, 3.05) is 20.8 Å². The number of nitrogens with one attached hydrogen (secondary N) is 1. The first kappa shape index (κ1) is 16.6. The van der Waals surface area contributed by atoms with Gasteiger partial charge in [0.2, 0.25) is 0 Å². The van der Waals surface area contributed by atoms with Crippen molar-refractivity contribution >= 4 is 11.3 Å². The van der Waals surface area contributed by atoms with Gasteiger partial charge >= 0.3 is 0 Å². The molecule has 134 valence electrons. The summed E-state index contributed by atoms with van der Waals surface area (Å²) in [6.07, 6.45) is 7.00. The van der Waals surface area contributed by atoms with Crippen molar-refractivity contribution in [3.05, 3.63) is 71.9 Å². The zero-order valence-electron chi connectivity index (χ0n) is 15.2. The Hall–Kier alpha value is -2.88. The third-order valence-electron chi connectivity index (χ3n) is 4.88. The molecule has 0 amide bonds. The van der Waals surface area contributed by atoms with E-state index < -0.39 is 0 Å². The fraction of sp³-hybridized carbons (Fsp3) is 0.273. The van der Waals surface area contributed by atoms with Gasteiger partial charge in [0, 0.05) is 23.9 Å². The van der Waals surface area contributed by atoms with Gasteiger partial charge in [0.15, 0.2) is 0 Å². The zero-order valence-corrected chi connectivity index (χ0v) is 15.2. The quantitative estimate of drug-likeness (QED) is 0.843. The van der Waals surface area contributed by atoms with E-state index in [0.717, 1.165) is 40.8 Å².